The van der Waals surface area contributed by atoms with Gasteiger partial charge < -0.3 is 20.1 Å². The van der Waals surface area contributed by atoms with Gasteiger partial charge in [-0.2, -0.15) is 0 Å². The van der Waals surface area contributed by atoms with Gasteiger partial charge in [-0.3, -0.25) is 0 Å². The summed E-state index contributed by atoms with van der Waals surface area (Å²) in [5.41, 5.74) is 0. The molecule has 1 aromatic rings. The molecular weight excluding hydrogens is 244 g/mol. The molecule has 1 atom stereocenters. The fourth-order valence-electron chi connectivity index (χ4n) is 2.66. The molecule has 6 heteroatoms. The zero-order chi connectivity index (χ0) is 13.7. The fourth-order valence-corrected chi connectivity index (χ4v) is 2.66. The van der Waals surface area contributed by atoms with Crippen LogP contribution in [0.15, 0.2) is 6.33 Å². The second-order valence-corrected chi connectivity index (χ2v) is 4.68. The molecule has 0 bridgehead atoms. The predicted molar refractivity (Wildman–Crippen MR) is 74.8 cm³/mol. The molecular formula is C13H22N4O2. The average molecular weight is 266 g/mol. The van der Waals surface area contributed by atoms with Crippen molar-refractivity contribution in [1.29, 1.82) is 0 Å². The van der Waals surface area contributed by atoms with Crippen molar-refractivity contribution in [1.82, 2.24) is 9.97 Å². The summed E-state index contributed by atoms with van der Waals surface area (Å²) >= 11 is 0. The Kier molecular flexibility index (Phi) is 4.79. The molecule has 1 aromatic heterocycles. The lowest BCUT2D eigenvalue weighted by molar-refractivity contribution is 0.261. The van der Waals surface area contributed by atoms with Crippen LogP contribution in [0.1, 0.15) is 25.7 Å². The largest absolute Gasteiger partial charge is 0.490 e. The number of aliphatic hydroxyl groups is 1. The van der Waals surface area contributed by atoms with E-state index in [2.05, 4.69) is 20.2 Å². The van der Waals surface area contributed by atoms with Gasteiger partial charge in [0, 0.05) is 26.2 Å². The molecule has 1 saturated heterocycles. The van der Waals surface area contributed by atoms with Crippen LogP contribution in [-0.2, 0) is 0 Å². The molecule has 0 saturated carbocycles. The van der Waals surface area contributed by atoms with Crippen molar-refractivity contribution in [2.24, 2.45) is 0 Å². The van der Waals surface area contributed by atoms with E-state index < -0.39 is 0 Å². The number of nitrogens with zero attached hydrogens (tertiary/aromatic N) is 3. The van der Waals surface area contributed by atoms with E-state index in [-0.39, 0.29) is 6.61 Å². The smallest absolute Gasteiger partial charge is 0.204 e. The second-order valence-electron chi connectivity index (χ2n) is 4.68. The summed E-state index contributed by atoms with van der Waals surface area (Å²) in [5, 5.41) is 12.2. The SMILES string of the molecule is CNc1ncnc(N2CCCCC2CCO)c1OC. The Labute approximate surface area is 113 Å². The van der Waals surface area contributed by atoms with Gasteiger partial charge in [0.1, 0.15) is 6.33 Å². The van der Waals surface area contributed by atoms with Gasteiger partial charge in [-0.25, -0.2) is 9.97 Å². The molecule has 2 rings (SSSR count). The summed E-state index contributed by atoms with van der Waals surface area (Å²) in [6, 6.07) is 0.326. The summed E-state index contributed by atoms with van der Waals surface area (Å²) in [5.74, 6) is 2.19. The summed E-state index contributed by atoms with van der Waals surface area (Å²) in [6.45, 7) is 1.15. The number of piperidine rings is 1. The van der Waals surface area contributed by atoms with Crippen molar-refractivity contribution in [3.63, 3.8) is 0 Å². The lowest BCUT2D eigenvalue weighted by Crippen LogP contribution is -2.41. The Balaban J connectivity index is 2.32. The first-order valence-electron chi connectivity index (χ1n) is 6.76. The van der Waals surface area contributed by atoms with Crippen LogP contribution < -0.4 is 15.0 Å². The molecule has 1 aliphatic rings. The van der Waals surface area contributed by atoms with Crippen molar-refractivity contribution in [2.45, 2.75) is 31.7 Å². The van der Waals surface area contributed by atoms with Gasteiger partial charge in [0.2, 0.25) is 5.75 Å². The Bertz CT molecular complexity index is 412. The molecule has 0 aliphatic carbocycles. The number of hydrogen-bond acceptors (Lipinski definition) is 6. The monoisotopic (exact) mass is 266 g/mol. The minimum atomic E-state index is 0.202. The number of anilines is 2. The number of hydrogen-bond donors (Lipinski definition) is 2. The van der Waals surface area contributed by atoms with E-state index in [1.807, 2.05) is 7.05 Å². The Morgan fingerprint density at radius 2 is 2.32 bits per heavy atom. The second kappa shape index (κ2) is 6.56. The van der Waals surface area contributed by atoms with Crippen LogP contribution in [0.5, 0.6) is 5.75 Å². The van der Waals surface area contributed by atoms with Crippen LogP contribution in [0, 0.1) is 0 Å². The van der Waals surface area contributed by atoms with Crippen molar-refractivity contribution >= 4 is 11.6 Å². The third-order valence-electron chi connectivity index (χ3n) is 3.59. The van der Waals surface area contributed by atoms with E-state index in [4.69, 9.17) is 4.74 Å². The highest BCUT2D eigenvalue weighted by Gasteiger charge is 2.26. The predicted octanol–water partition coefficient (Wildman–Crippen LogP) is 1.27. The number of aromatic nitrogens is 2. The van der Waals surface area contributed by atoms with Crippen LogP contribution in [0.3, 0.4) is 0 Å². The van der Waals surface area contributed by atoms with Crippen molar-refractivity contribution in [3.8, 4) is 5.75 Å². The molecule has 6 nitrogen and oxygen atoms in total. The molecule has 1 aliphatic heterocycles. The number of aliphatic hydroxyl groups excluding tert-OH is 1. The van der Waals surface area contributed by atoms with Crippen molar-refractivity contribution in [3.05, 3.63) is 6.33 Å². The fraction of sp³-hybridized carbons (Fsp3) is 0.692. The Hall–Kier alpha value is -1.56. The molecule has 2 N–H and O–H groups in total. The van der Waals surface area contributed by atoms with E-state index in [9.17, 15) is 5.11 Å². The maximum absolute atomic E-state index is 9.21. The van der Waals surface area contributed by atoms with E-state index in [1.54, 1.807) is 13.4 Å². The van der Waals surface area contributed by atoms with Gasteiger partial charge in [0.25, 0.3) is 0 Å². The minimum absolute atomic E-state index is 0.202. The standard InChI is InChI=1S/C13H22N4O2/c1-14-12-11(19-2)13(16-9-15-12)17-7-4-3-5-10(17)6-8-18/h9-10,18H,3-8H2,1-2H3,(H,14,15,16). The van der Waals surface area contributed by atoms with E-state index in [1.165, 1.54) is 6.42 Å². The Morgan fingerprint density at radius 3 is 3.00 bits per heavy atom. The minimum Gasteiger partial charge on any atom is -0.490 e. The quantitative estimate of drug-likeness (QED) is 0.836. The van der Waals surface area contributed by atoms with Crippen molar-refractivity contribution < 1.29 is 9.84 Å². The maximum Gasteiger partial charge on any atom is 0.204 e. The van der Waals surface area contributed by atoms with Gasteiger partial charge >= 0.3 is 0 Å². The first kappa shape index (κ1) is 13.9. The number of methoxy groups -OCH3 is 1. The van der Waals surface area contributed by atoms with Crippen LogP contribution in [0.25, 0.3) is 0 Å². The van der Waals surface area contributed by atoms with Gasteiger partial charge in [-0.05, 0) is 25.7 Å². The van der Waals surface area contributed by atoms with Crippen LogP contribution in [0.2, 0.25) is 0 Å². The molecule has 106 valence electrons. The lowest BCUT2D eigenvalue weighted by Gasteiger charge is -2.37. The molecule has 0 radical (unpaired) electrons. The van der Waals surface area contributed by atoms with Crippen LogP contribution in [0.4, 0.5) is 11.6 Å². The van der Waals surface area contributed by atoms with Gasteiger partial charge in [0.15, 0.2) is 11.6 Å². The van der Waals surface area contributed by atoms with Gasteiger partial charge in [0.05, 0.1) is 7.11 Å². The highest BCUT2D eigenvalue weighted by atomic mass is 16.5. The highest BCUT2D eigenvalue weighted by Crippen LogP contribution is 2.35. The summed E-state index contributed by atoms with van der Waals surface area (Å²) in [7, 11) is 3.45. The van der Waals surface area contributed by atoms with E-state index in [0.717, 1.165) is 31.6 Å². The summed E-state index contributed by atoms with van der Waals surface area (Å²) in [6.07, 6.45) is 5.75. The molecule has 19 heavy (non-hydrogen) atoms. The molecule has 1 unspecified atom stereocenters. The average Bonchev–Trinajstić information content (AvgIpc) is 2.47. The lowest BCUT2D eigenvalue weighted by atomic mass is 9.99. The number of ether oxygens (including phenoxy) is 1. The van der Waals surface area contributed by atoms with Gasteiger partial charge in [-0.1, -0.05) is 0 Å². The zero-order valence-electron chi connectivity index (χ0n) is 11.6. The molecule has 2 heterocycles. The van der Waals surface area contributed by atoms with Crippen LogP contribution >= 0.6 is 0 Å². The third kappa shape index (κ3) is 2.89. The Morgan fingerprint density at radius 1 is 1.47 bits per heavy atom. The van der Waals surface area contributed by atoms with E-state index in [0.29, 0.717) is 17.6 Å². The first-order valence-corrected chi connectivity index (χ1v) is 6.76. The highest BCUT2D eigenvalue weighted by molar-refractivity contribution is 5.65. The first-order chi connectivity index (χ1) is 9.31. The topological polar surface area (TPSA) is 70.5 Å². The number of rotatable bonds is 5. The number of nitrogens with one attached hydrogen (secondary N) is 1. The summed E-state index contributed by atoms with van der Waals surface area (Å²) < 4.78 is 5.46. The third-order valence-corrected chi connectivity index (χ3v) is 3.59. The van der Waals surface area contributed by atoms with Crippen LogP contribution in [-0.4, -0.2) is 48.4 Å². The molecule has 0 spiro atoms. The summed E-state index contributed by atoms with van der Waals surface area (Å²) in [4.78, 5) is 10.8. The molecule has 0 amide bonds. The maximum atomic E-state index is 9.21. The molecule has 1 fully saturated rings. The zero-order valence-corrected chi connectivity index (χ0v) is 11.6. The molecule has 0 aromatic carbocycles. The van der Waals surface area contributed by atoms with Crippen molar-refractivity contribution in [2.75, 3.05) is 37.5 Å². The normalized spacial score (nSPS) is 19.3. The van der Waals surface area contributed by atoms with Gasteiger partial charge in [-0.15, -0.1) is 0 Å². The van der Waals surface area contributed by atoms with E-state index >= 15 is 0 Å².